The van der Waals surface area contributed by atoms with Crippen molar-refractivity contribution < 1.29 is 12.6 Å². The number of hydrogen-bond acceptors (Lipinski definition) is 6. The van der Waals surface area contributed by atoms with E-state index in [1.807, 2.05) is 36.2 Å². The minimum atomic E-state index is -3.41. The van der Waals surface area contributed by atoms with E-state index in [2.05, 4.69) is 14.4 Å². The zero-order valence-electron chi connectivity index (χ0n) is 10.7. The zero-order chi connectivity index (χ0) is 13.6. The average Bonchev–Trinajstić information content (AvgIpc) is 2.37. The lowest BCUT2D eigenvalue weighted by Crippen LogP contribution is -2.25. The molecule has 0 aliphatic rings. The molecule has 0 saturated heterocycles. The topological polar surface area (TPSA) is 71.3 Å². The Morgan fingerprint density at radius 1 is 1.28 bits per heavy atom. The Morgan fingerprint density at radius 3 is 2.39 bits per heavy atom. The van der Waals surface area contributed by atoms with Gasteiger partial charge in [-0.25, -0.2) is 0 Å². The quantitative estimate of drug-likeness (QED) is 0.584. The maximum Gasteiger partial charge on any atom is 0.268 e. The average molecular weight is 271 g/mol. The minimum absolute atomic E-state index is 0.0452. The molecule has 0 saturated carbocycles. The third-order valence-corrected chi connectivity index (χ3v) is 3.63. The Kier molecular flexibility index (Phi) is 5.24. The number of azo groups is 1. The Balaban J connectivity index is 2.64. The smallest absolute Gasteiger partial charge is 0.268 e. The van der Waals surface area contributed by atoms with Gasteiger partial charge in [-0.3, -0.25) is 4.18 Å². The number of benzene rings is 1. The van der Waals surface area contributed by atoms with Gasteiger partial charge in [-0.2, -0.15) is 18.6 Å². The van der Waals surface area contributed by atoms with Crippen LogP contribution in [0.2, 0.25) is 0 Å². The van der Waals surface area contributed by atoms with E-state index in [0.717, 1.165) is 11.4 Å². The molecule has 0 amide bonds. The van der Waals surface area contributed by atoms with Gasteiger partial charge in [0.2, 0.25) is 0 Å². The standard InChI is InChI=1S/C11H17N3O3S/c1-12-13-10-4-6-11(7-5-10)14(2)8-9-18(15,16)17-3/h4-7H,8-9H2,1-3H3. The molecular weight excluding hydrogens is 254 g/mol. The molecule has 100 valence electrons. The largest absolute Gasteiger partial charge is 0.373 e. The van der Waals surface area contributed by atoms with Crippen LogP contribution in [0, 0.1) is 0 Å². The molecule has 0 fully saturated rings. The van der Waals surface area contributed by atoms with Crippen molar-refractivity contribution in [2.45, 2.75) is 0 Å². The third kappa shape index (κ3) is 4.42. The molecule has 1 aromatic rings. The Morgan fingerprint density at radius 2 is 1.89 bits per heavy atom. The highest BCUT2D eigenvalue weighted by Gasteiger charge is 2.10. The second kappa shape index (κ2) is 6.46. The normalized spacial score (nSPS) is 11.9. The van der Waals surface area contributed by atoms with Crippen molar-refractivity contribution in [2.24, 2.45) is 10.2 Å². The Hall–Kier alpha value is -1.47. The highest BCUT2D eigenvalue weighted by Crippen LogP contribution is 2.19. The maximum atomic E-state index is 11.2. The van der Waals surface area contributed by atoms with E-state index in [1.165, 1.54) is 7.11 Å². The first kappa shape index (κ1) is 14.6. The van der Waals surface area contributed by atoms with E-state index in [0.29, 0.717) is 6.54 Å². The van der Waals surface area contributed by atoms with Crippen molar-refractivity contribution in [1.29, 1.82) is 0 Å². The molecule has 18 heavy (non-hydrogen) atoms. The lowest BCUT2D eigenvalue weighted by atomic mass is 10.2. The lowest BCUT2D eigenvalue weighted by molar-refractivity contribution is 0.398. The van der Waals surface area contributed by atoms with Crippen LogP contribution in [-0.4, -0.2) is 41.9 Å². The van der Waals surface area contributed by atoms with Gasteiger partial charge in [0.15, 0.2) is 0 Å². The summed E-state index contributed by atoms with van der Waals surface area (Å²) >= 11 is 0. The molecule has 0 atom stereocenters. The zero-order valence-corrected chi connectivity index (χ0v) is 11.5. The van der Waals surface area contributed by atoms with Gasteiger partial charge in [0, 0.05) is 26.3 Å². The van der Waals surface area contributed by atoms with Crippen molar-refractivity contribution in [2.75, 3.05) is 38.4 Å². The van der Waals surface area contributed by atoms with Gasteiger partial charge in [0.1, 0.15) is 0 Å². The fourth-order valence-electron chi connectivity index (χ4n) is 1.35. The molecule has 0 aliphatic carbocycles. The molecule has 6 nitrogen and oxygen atoms in total. The van der Waals surface area contributed by atoms with E-state index >= 15 is 0 Å². The summed E-state index contributed by atoms with van der Waals surface area (Å²) in [7, 11) is 1.18. The summed E-state index contributed by atoms with van der Waals surface area (Å²) in [6.45, 7) is 0.366. The van der Waals surface area contributed by atoms with Crippen LogP contribution in [0.15, 0.2) is 34.5 Å². The van der Waals surface area contributed by atoms with Gasteiger partial charge in [0.25, 0.3) is 10.1 Å². The number of nitrogens with zero attached hydrogens (tertiary/aromatic N) is 3. The van der Waals surface area contributed by atoms with E-state index < -0.39 is 10.1 Å². The van der Waals surface area contributed by atoms with Gasteiger partial charge in [-0.05, 0) is 24.3 Å². The first-order chi connectivity index (χ1) is 8.48. The SMILES string of the molecule is CN=Nc1ccc(N(C)CCS(=O)(=O)OC)cc1. The van der Waals surface area contributed by atoms with Crippen molar-refractivity contribution >= 4 is 21.5 Å². The summed E-state index contributed by atoms with van der Waals surface area (Å²) in [6, 6.07) is 7.38. The van der Waals surface area contributed by atoms with Crippen molar-refractivity contribution in [3.05, 3.63) is 24.3 Å². The fraction of sp³-hybridized carbons (Fsp3) is 0.455. The molecule has 0 unspecified atom stereocenters. The van der Waals surface area contributed by atoms with E-state index in [1.54, 1.807) is 7.05 Å². The van der Waals surface area contributed by atoms with Crippen molar-refractivity contribution in [3.63, 3.8) is 0 Å². The van der Waals surface area contributed by atoms with Crippen LogP contribution in [-0.2, 0) is 14.3 Å². The molecule has 1 aromatic carbocycles. The molecule has 0 heterocycles. The minimum Gasteiger partial charge on any atom is -0.373 e. The summed E-state index contributed by atoms with van der Waals surface area (Å²) < 4.78 is 26.8. The van der Waals surface area contributed by atoms with Crippen LogP contribution in [0.1, 0.15) is 0 Å². The first-order valence-electron chi connectivity index (χ1n) is 5.38. The van der Waals surface area contributed by atoms with Gasteiger partial charge in [-0.1, -0.05) is 0 Å². The summed E-state index contributed by atoms with van der Waals surface area (Å²) in [5.41, 5.74) is 1.68. The van der Waals surface area contributed by atoms with Gasteiger partial charge < -0.3 is 4.90 Å². The molecule has 0 aromatic heterocycles. The predicted octanol–water partition coefficient (Wildman–Crippen LogP) is 1.81. The first-order valence-corrected chi connectivity index (χ1v) is 6.95. The molecule has 1 rings (SSSR count). The van der Waals surface area contributed by atoms with Crippen LogP contribution in [0.4, 0.5) is 11.4 Å². The summed E-state index contributed by atoms with van der Waals surface area (Å²) in [5, 5.41) is 7.57. The monoisotopic (exact) mass is 271 g/mol. The summed E-state index contributed by atoms with van der Waals surface area (Å²) in [6.07, 6.45) is 0. The molecule has 7 heteroatoms. The number of anilines is 1. The van der Waals surface area contributed by atoms with Gasteiger partial charge >= 0.3 is 0 Å². The summed E-state index contributed by atoms with van der Waals surface area (Å²) in [5.74, 6) is -0.0452. The third-order valence-electron chi connectivity index (χ3n) is 2.44. The molecule has 0 N–H and O–H groups in total. The van der Waals surface area contributed by atoms with E-state index in [9.17, 15) is 8.42 Å². The van der Waals surface area contributed by atoms with Crippen LogP contribution in [0.25, 0.3) is 0 Å². The van der Waals surface area contributed by atoms with Crippen LogP contribution in [0.5, 0.6) is 0 Å². The van der Waals surface area contributed by atoms with Crippen molar-refractivity contribution in [1.82, 2.24) is 0 Å². The Labute approximate surface area is 107 Å². The number of rotatable bonds is 6. The van der Waals surface area contributed by atoms with Gasteiger partial charge in [-0.15, -0.1) is 0 Å². The second-order valence-corrected chi connectivity index (χ2v) is 5.52. The Bertz CT molecular complexity index is 497. The highest BCUT2D eigenvalue weighted by molar-refractivity contribution is 7.86. The molecule has 0 spiro atoms. The van der Waals surface area contributed by atoms with Gasteiger partial charge in [0.05, 0.1) is 18.6 Å². The predicted molar refractivity (Wildman–Crippen MR) is 70.9 cm³/mol. The summed E-state index contributed by atoms with van der Waals surface area (Å²) in [4.78, 5) is 1.84. The van der Waals surface area contributed by atoms with Crippen LogP contribution >= 0.6 is 0 Å². The molecule has 0 radical (unpaired) electrons. The van der Waals surface area contributed by atoms with E-state index in [-0.39, 0.29) is 5.75 Å². The molecule has 0 bridgehead atoms. The lowest BCUT2D eigenvalue weighted by Gasteiger charge is -2.18. The van der Waals surface area contributed by atoms with Crippen LogP contribution < -0.4 is 4.90 Å². The highest BCUT2D eigenvalue weighted by atomic mass is 32.2. The molecule has 0 aliphatic heterocycles. The van der Waals surface area contributed by atoms with E-state index in [4.69, 9.17) is 0 Å². The number of hydrogen-bond donors (Lipinski definition) is 0. The van der Waals surface area contributed by atoms with Crippen molar-refractivity contribution in [3.8, 4) is 0 Å². The second-order valence-electron chi connectivity index (χ2n) is 3.67. The maximum absolute atomic E-state index is 11.2. The molecular formula is C11H17N3O3S. The van der Waals surface area contributed by atoms with Crippen LogP contribution in [0.3, 0.4) is 0 Å². The fourth-order valence-corrected chi connectivity index (χ4v) is 2.01.